The van der Waals surface area contributed by atoms with Gasteiger partial charge in [-0.1, -0.05) is 37.1 Å². The van der Waals surface area contributed by atoms with E-state index >= 15 is 0 Å². The van der Waals surface area contributed by atoms with E-state index in [9.17, 15) is 4.79 Å². The fourth-order valence-electron chi connectivity index (χ4n) is 3.03. The number of rotatable bonds is 6. The first kappa shape index (κ1) is 19.4. The summed E-state index contributed by atoms with van der Waals surface area (Å²) in [6.45, 7) is 4.35. The summed E-state index contributed by atoms with van der Waals surface area (Å²) in [5.41, 5.74) is 1.80. The molecule has 144 valence electrons. The van der Waals surface area contributed by atoms with Crippen molar-refractivity contribution >= 4 is 23.5 Å². The van der Waals surface area contributed by atoms with Crippen LogP contribution < -0.4 is 10.2 Å². The molecule has 3 rings (SSSR count). The average molecular weight is 389 g/mol. The quantitative estimate of drug-likeness (QED) is 0.747. The number of anilines is 1. The third-order valence-corrected chi connectivity index (χ3v) is 4.88. The number of alkyl carbamates (subject to hydrolysis) is 1. The monoisotopic (exact) mass is 388 g/mol. The van der Waals surface area contributed by atoms with Crippen LogP contribution in [0.25, 0.3) is 11.3 Å². The van der Waals surface area contributed by atoms with Gasteiger partial charge < -0.3 is 15.0 Å². The molecule has 0 atom stereocenters. The summed E-state index contributed by atoms with van der Waals surface area (Å²) in [5, 5.41) is 12.2. The van der Waals surface area contributed by atoms with E-state index in [1.807, 2.05) is 36.4 Å². The molecule has 1 aliphatic rings. The number of carbonyl (C=O) groups is 1. The maximum absolute atomic E-state index is 11.8. The molecule has 2 aromatic rings. The molecule has 27 heavy (non-hydrogen) atoms. The smallest absolute Gasteiger partial charge is 0.407 e. The van der Waals surface area contributed by atoms with Gasteiger partial charge in [0.1, 0.15) is 6.10 Å². The van der Waals surface area contributed by atoms with Crippen LogP contribution in [0.3, 0.4) is 0 Å². The number of hydrogen-bond acceptors (Lipinski definition) is 5. The van der Waals surface area contributed by atoms with Crippen molar-refractivity contribution in [2.24, 2.45) is 0 Å². The third-order valence-electron chi connectivity index (χ3n) is 4.63. The molecular formula is C20H25ClN4O2. The van der Waals surface area contributed by atoms with Crippen molar-refractivity contribution in [2.45, 2.75) is 38.7 Å². The molecular weight excluding hydrogens is 364 g/mol. The Labute approximate surface area is 164 Å². The van der Waals surface area contributed by atoms with Crippen LogP contribution in [-0.2, 0) is 4.74 Å². The van der Waals surface area contributed by atoms with Crippen LogP contribution in [0.15, 0.2) is 36.4 Å². The molecule has 0 saturated carbocycles. The molecule has 7 heteroatoms. The summed E-state index contributed by atoms with van der Waals surface area (Å²) in [6.07, 6.45) is 3.26. The van der Waals surface area contributed by atoms with Gasteiger partial charge in [-0.3, -0.25) is 0 Å². The highest BCUT2D eigenvalue weighted by Crippen LogP contribution is 2.23. The fourth-order valence-corrected chi connectivity index (χ4v) is 3.16. The lowest BCUT2D eigenvalue weighted by molar-refractivity contribution is 0.0831. The molecule has 1 amide bonds. The zero-order chi connectivity index (χ0) is 19.1. The van der Waals surface area contributed by atoms with E-state index < -0.39 is 0 Å². The van der Waals surface area contributed by atoms with Gasteiger partial charge in [-0.15, -0.1) is 10.2 Å². The summed E-state index contributed by atoms with van der Waals surface area (Å²) < 4.78 is 5.49. The van der Waals surface area contributed by atoms with E-state index in [1.165, 1.54) is 0 Å². The highest BCUT2D eigenvalue weighted by Gasteiger charge is 2.23. The topological polar surface area (TPSA) is 67.3 Å². The number of unbranched alkanes of at least 4 members (excludes halogenated alkanes) is 1. The molecule has 1 fully saturated rings. The molecule has 1 N–H and O–H groups in total. The second-order valence-corrected chi connectivity index (χ2v) is 7.09. The zero-order valence-corrected chi connectivity index (χ0v) is 16.3. The van der Waals surface area contributed by atoms with Crippen LogP contribution in [0.2, 0.25) is 5.02 Å². The van der Waals surface area contributed by atoms with Gasteiger partial charge in [-0.05, 0) is 30.7 Å². The number of amides is 1. The number of ether oxygens (including phenoxy) is 1. The van der Waals surface area contributed by atoms with Crippen molar-refractivity contribution in [2.75, 3.05) is 24.5 Å². The lowest BCUT2D eigenvalue weighted by atomic mass is 10.1. The molecule has 1 aromatic heterocycles. The van der Waals surface area contributed by atoms with E-state index in [0.29, 0.717) is 11.6 Å². The summed E-state index contributed by atoms with van der Waals surface area (Å²) in [4.78, 5) is 13.9. The Morgan fingerprint density at radius 1 is 1.19 bits per heavy atom. The molecule has 1 aliphatic heterocycles. The number of hydrogen-bond donors (Lipinski definition) is 1. The molecule has 6 nitrogen and oxygen atoms in total. The summed E-state index contributed by atoms with van der Waals surface area (Å²) in [7, 11) is 0. The van der Waals surface area contributed by atoms with Gasteiger partial charge in [-0.25, -0.2) is 4.79 Å². The summed E-state index contributed by atoms with van der Waals surface area (Å²) >= 11 is 5.92. The van der Waals surface area contributed by atoms with E-state index in [-0.39, 0.29) is 12.2 Å². The Bertz CT molecular complexity index is 729. The standard InChI is InChI=1S/C20H25ClN4O2/c1-2-3-12-22-20(26)27-17-10-13-25(14-11-17)19-9-8-18(23-24-19)15-4-6-16(21)7-5-15/h4-9,17H,2-3,10-14H2,1H3,(H,22,26). The number of benzene rings is 1. The minimum atomic E-state index is -0.311. The average Bonchev–Trinajstić information content (AvgIpc) is 2.70. The van der Waals surface area contributed by atoms with Crippen LogP contribution in [0.5, 0.6) is 0 Å². The molecule has 0 unspecified atom stereocenters. The zero-order valence-electron chi connectivity index (χ0n) is 15.5. The fraction of sp³-hybridized carbons (Fsp3) is 0.450. The van der Waals surface area contributed by atoms with E-state index in [1.54, 1.807) is 0 Å². The Balaban J connectivity index is 1.49. The molecule has 0 aliphatic carbocycles. The Morgan fingerprint density at radius 2 is 1.93 bits per heavy atom. The number of carbonyl (C=O) groups excluding carboxylic acids is 1. The van der Waals surface area contributed by atoms with Crippen LogP contribution in [-0.4, -0.2) is 42.0 Å². The Hall–Kier alpha value is -2.34. The van der Waals surface area contributed by atoms with Gasteiger partial charge in [0.15, 0.2) is 5.82 Å². The first-order valence-corrected chi connectivity index (χ1v) is 9.82. The van der Waals surface area contributed by atoms with Crippen LogP contribution in [0, 0.1) is 0 Å². The first-order chi connectivity index (χ1) is 13.2. The summed E-state index contributed by atoms with van der Waals surface area (Å²) in [6, 6.07) is 11.5. The SMILES string of the molecule is CCCCNC(=O)OC1CCN(c2ccc(-c3ccc(Cl)cc3)nn2)CC1. The molecule has 0 radical (unpaired) electrons. The molecule has 0 bridgehead atoms. The Kier molecular flexibility index (Phi) is 6.87. The van der Waals surface area contributed by atoms with Crippen molar-refractivity contribution in [3.63, 3.8) is 0 Å². The van der Waals surface area contributed by atoms with Crippen molar-refractivity contribution in [3.05, 3.63) is 41.4 Å². The van der Waals surface area contributed by atoms with Crippen molar-refractivity contribution in [1.29, 1.82) is 0 Å². The number of piperidine rings is 1. The Morgan fingerprint density at radius 3 is 2.56 bits per heavy atom. The van der Waals surface area contributed by atoms with Crippen LogP contribution in [0.1, 0.15) is 32.6 Å². The van der Waals surface area contributed by atoms with Crippen LogP contribution >= 0.6 is 11.6 Å². The van der Waals surface area contributed by atoms with E-state index in [0.717, 1.165) is 55.8 Å². The van der Waals surface area contributed by atoms with Crippen molar-refractivity contribution in [1.82, 2.24) is 15.5 Å². The maximum Gasteiger partial charge on any atom is 0.407 e. The van der Waals surface area contributed by atoms with Gasteiger partial charge in [0, 0.05) is 43.1 Å². The molecule has 1 aromatic carbocycles. The largest absolute Gasteiger partial charge is 0.446 e. The molecule has 2 heterocycles. The molecule has 1 saturated heterocycles. The predicted molar refractivity (Wildman–Crippen MR) is 107 cm³/mol. The summed E-state index contributed by atoms with van der Waals surface area (Å²) in [5.74, 6) is 0.846. The number of halogens is 1. The lowest BCUT2D eigenvalue weighted by Crippen LogP contribution is -2.40. The van der Waals surface area contributed by atoms with Gasteiger partial charge in [0.2, 0.25) is 0 Å². The van der Waals surface area contributed by atoms with E-state index in [4.69, 9.17) is 16.3 Å². The highest BCUT2D eigenvalue weighted by molar-refractivity contribution is 6.30. The lowest BCUT2D eigenvalue weighted by Gasteiger charge is -2.32. The van der Waals surface area contributed by atoms with Crippen molar-refractivity contribution < 1.29 is 9.53 Å². The predicted octanol–water partition coefficient (Wildman–Crippen LogP) is 4.29. The highest BCUT2D eigenvalue weighted by atomic mass is 35.5. The number of nitrogens with zero attached hydrogens (tertiary/aromatic N) is 3. The van der Waals surface area contributed by atoms with E-state index in [2.05, 4.69) is 27.3 Å². The van der Waals surface area contributed by atoms with Gasteiger partial charge in [0.05, 0.1) is 5.69 Å². The van der Waals surface area contributed by atoms with Crippen molar-refractivity contribution in [3.8, 4) is 11.3 Å². The normalized spacial score (nSPS) is 14.8. The van der Waals surface area contributed by atoms with Gasteiger partial charge in [0.25, 0.3) is 0 Å². The van der Waals surface area contributed by atoms with Gasteiger partial charge in [-0.2, -0.15) is 0 Å². The van der Waals surface area contributed by atoms with Gasteiger partial charge >= 0.3 is 6.09 Å². The maximum atomic E-state index is 11.8. The molecule has 0 spiro atoms. The first-order valence-electron chi connectivity index (χ1n) is 9.45. The minimum Gasteiger partial charge on any atom is -0.446 e. The minimum absolute atomic E-state index is 0.0378. The number of nitrogens with one attached hydrogen (secondary N) is 1. The number of aromatic nitrogens is 2. The second-order valence-electron chi connectivity index (χ2n) is 6.66. The van der Waals surface area contributed by atoms with Crippen LogP contribution in [0.4, 0.5) is 10.6 Å². The third kappa shape index (κ3) is 5.57. The second kappa shape index (κ2) is 9.55.